The summed E-state index contributed by atoms with van der Waals surface area (Å²) >= 11 is 0. The molecule has 4 aromatic rings. The second-order valence-corrected chi connectivity index (χ2v) is 10.9. The SMILES string of the molecule is CCOC(=O)C[C@@H]1NC(=O)[C@@H](n2ccc(C(F)(F)F)cc2=O)c2cc(ccc2F)COc2cccc(C)c2-c2cc(C)c(F)c1c2. The number of benzene rings is 3. The monoisotopic (exact) mass is 640 g/mol. The molecule has 0 spiro atoms. The maximum Gasteiger partial charge on any atom is 0.416 e. The number of fused-ring (bicyclic) bond motifs is 6. The Labute approximate surface area is 260 Å². The molecule has 0 fully saturated rings. The highest BCUT2D eigenvalue weighted by Crippen LogP contribution is 2.38. The standard InChI is InChI=1S/C34H29F5N2O5/c1-4-45-29(43)16-26-24-14-21(12-19(3)31(24)36)30-18(2)6-5-7-27(30)46-17-20-8-9-25(35)23(13-20)32(33(44)40-26)41-11-10-22(15-28(41)42)34(37,38)39/h5-15,26,32H,4,16-17H2,1-3H3,(H,40,44)/t26-,32-/m0/s1. The van der Waals surface area contributed by atoms with Crippen LogP contribution in [0.25, 0.3) is 11.1 Å². The van der Waals surface area contributed by atoms with Gasteiger partial charge in [-0.15, -0.1) is 0 Å². The molecule has 1 aromatic heterocycles. The van der Waals surface area contributed by atoms with Crippen LogP contribution in [0.2, 0.25) is 0 Å². The number of aromatic nitrogens is 1. The topological polar surface area (TPSA) is 86.6 Å². The van der Waals surface area contributed by atoms with Crippen LogP contribution in [0.3, 0.4) is 0 Å². The van der Waals surface area contributed by atoms with Crippen molar-refractivity contribution in [2.45, 2.75) is 52.1 Å². The molecule has 5 rings (SSSR count). The van der Waals surface area contributed by atoms with Crippen molar-refractivity contribution in [1.29, 1.82) is 0 Å². The lowest BCUT2D eigenvalue weighted by Gasteiger charge is -2.27. The maximum absolute atomic E-state index is 15.9. The van der Waals surface area contributed by atoms with Crippen molar-refractivity contribution in [3.8, 4) is 16.9 Å². The zero-order valence-electron chi connectivity index (χ0n) is 25.0. The van der Waals surface area contributed by atoms with Crippen molar-refractivity contribution in [1.82, 2.24) is 9.88 Å². The van der Waals surface area contributed by atoms with Crippen LogP contribution in [-0.4, -0.2) is 23.1 Å². The molecular weight excluding hydrogens is 611 g/mol. The molecule has 1 amide bonds. The number of amides is 1. The predicted molar refractivity (Wildman–Crippen MR) is 158 cm³/mol. The summed E-state index contributed by atoms with van der Waals surface area (Å²) in [5, 5.41) is 2.57. The second kappa shape index (κ2) is 12.8. The molecular formula is C34H29F5N2O5. The third-order valence-corrected chi connectivity index (χ3v) is 7.73. The fraction of sp³-hybridized carbons (Fsp3) is 0.265. The van der Waals surface area contributed by atoms with Gasteiger partial charge in [-0.3, -0.25) is 19.0 Å². The van der Waals surface area contributed by atoms with E-state index in [1.807, 2.05) is 13.0 Å². The molecule has 240 valence electrons. The smallest absolute Gasteiger partial charge is 0.416 e. The average molecular weight is 641 g/mol. The summed E-state index contributed by atoms with van der Waals surface area (Å²) in [5.74, 6) is -3.12. The highest BCUT2D eigenvalue weighted by molar-refractivity contribution is 5.85. The molecule has 4 bridgehead atoms. The Morgan fingerprint density at radius 1 is 1.00 bits per heavy atom. The summed E-state index contributed by atoms with van der Waals surface area (Å²) < 4.78 is 83.5. The number of esters is 1. The number of alkyl halides is 3. The highest BCUT2D eigenvalue weighted by Gasteiger charge is 2.35. The van der Waals surface area contributed by atoms with Gasteiger partial charge >= 0.3 is 12.1 Å². The lowest BCUT2D eigenvalue weighted by atomic mass is 9.91. The summed E-state index contributed by atoms with van der Waals surface area (Å²) in [4.78, 5) is 39.9. The maximum atomic E-state index is 15.9. The van der Waals surface area contributed by atoms with Crippen LogP contribution in [-0.2, 0) is 27.1 Å². The van der Waals surface area contributed by atoms with E-state index >= 15 is 8.78 Å². The molecule has 0 aliphatic carbocycles. The molecule has 12 heteroatoms. The molecule has 46 heavy (non-hydrogen) atoms. The van der Waals surface area contributed by atoms with Gasteiger partial charge in [0.15, 0.2) is 0 Å². The molecule has 2 heterocycles. The van der Waals surface area contributed by atoms with Crippen LogP contribution in [0.5, 0.6) is 5.75 Å². The number of rotatable bonds is 4. The molecule has 1 N–H and O–H groups in total. The number of hydrogen-bond donors (Lipinski definition) is 1. The number of aryl methyl sites for hydroxylation is 2. The number of pyridine rings is 1. The molecule has 2 atom stereocenters. The number of nitrogens with one attached hydrogen (secondary N) is 1. The fourth-order valence-electron chi connectivity index (χ4n) is 5.55. The normalized spacial score (nSPS) is 16.5. The summed E-state index contributed by atoms with van der Waals surface area (Å²) in [7, 11) is 0. The van der Waals surface area contributed by atoms with E-state index in [1.54, 1.807) is 25.1 Å². The zero-order valence-corrected chi connectivity index (χ0v) is 25.0. The van der Waals surface area contributed by atoms with E-state index < -0.39 is 59.3 Å². The van der Waals surface area contributed by atoms with Crippen molar-refractivity contribution in [2.75, 3.05) is 6.61 Å². The van der Waals surface area contributed by atoms with E-state index in [1.165, 1.54) is 25.1 Å². The fourth-order valence-corrected chi connectivity index (χ4v) is 5.55. The molecule has 0 radical (unpaired) electrons. The lowest BCUT2D eigenvalue weighted by Crippen LogP contribution is -2.41. The third-order valence-electron chi connectivity index (χ3n) is 7.73. The van der Waals surface area contributed by atoms with Crippen molar-refractivity contribution < 1.29 is 41.0 Å². The van der Waals surface area contributed by atoms with Crippen LogP contribution in [0, 0.1) is 25.5 Å². The molecule has 0 saturated heterocycles. The van der Waals surface area contributed by atoms with Gasteiger partial charge in [-0.25, -0.2) is 8.78 Å². The Hall–Kier alpha value is -5.00. The van der Waals surface area contributed by atoms with E-state index in [-0.39, 0.29) is 29.9 Å². The van der Waals surface area contributed by atoms with Crippen molar-refractivity contribution in [3.05, 3.63) is 122 Å². The van der Waals surface area contributed by atoms with Crippen molar-refractivity contribution in [2.24, 2.45) is 0 Å². The average Bonchev–Trinajstić information content (AvgIpc) is 2.98. The second-order valence-electron chi connectivity index (χ2n) is 10.9. The molecule has 7 nitrogen and oxygen atoms in total. The molecule has 0 saturated carbocycles. The van der Waals surface area contributed by atoms with Gasteiger partial charge in [0.25, 0.3) is 5.56 Å². The summed E-state index contributed by atoms with van der Waals surface area (Å²) in [6.45, 7) is 4.80. The van der Waals surface area contributed by atoms with Crippen molar-refractivity contribution in [3.63, 3.8) is 0 Å². The number of carbonyl (C=O) groups is 2. The van der Waals surface area contributed by atoms with Gasteiger partial charge in [-0.2, -0.15) is 13.2 Å². The van der Waals surface area contributed by atoms with Gasteiger partial charge in [-0.1, -0.05) is 18.2 Å². The van der Waals surface area contributed by atoms with E-state index in [9.17, 15) is 27.6 Å². The Bertz CT molecular complexity index is 1890. The minimum absolute atomic E-state index is 0.00741. The first-order chi connectivity index (χ1) is 21.8. The van der Waals surface area contributed by atoms with Crippen molar-refractivity contribution >= 4 is 11.9 Å². The van der Waals surface area contributed by atoms with E-state index in [2.05, 4.69) is 5.32 Å². The van der Waals surface area contributed by atoms with E-state index in [4.69, 9.17) is 9.47 Å². The molecule has 1 aliphatic heterocycles. The van der Waals surface area contributed by atoms with Gasteiger partial charge < -0.3 is 14.8 Å². The summed E-state index contributed by atoms with van der Waals surface area (Å²) in [6.07, 6.45) is -4.66. The van der Waals surface area contributed by atoms with E-state index in [0.717, 1.165) is 17.8 Å². The number of halogens is 5. The first-order valence-corrected chi connectivity index (χ1v) is 14.3. The van der Waals surface area contributed by atoms with Gasteiger partial charge in [0.05, 0.1) is 24.6 Å². The van der Waals surface area contributed by atoms with Crippen LogP contribution in [0.15, 0.2) is 71.7 Å². The first kappa shape index (κ1) is 32.4. The van der Waals surface area contributed by atoms with Gasteiger partial charge in [0, 0.05) is 29.0 Å². The Balaban J connectivity index is 1.77. The van der Waals surface area contributed by atoms with Crippen LogP contribution in [0.4, 0.5) is 22.0 Å². The summed E-state index contributed by atoms with van der Waals surface area (Å²) in [5.41, 5.74) is -0.457. The number of hydrogen-bond acceptors (Lipinski definition) is 5. The number of nitrogens with zero attached hydrogens (tertiary/aromatic N) is 1. The molecule has 3 aromatic carbocycles. The first-order valence-electron chi connectivity index (χ1n) is 14.3. The molecule has 0 unspecified atom stereocenters. The third kappa shape index (κ3) is 6.51. The van der Waals surface area contributed by atoms with E-state index in [0.29, 0.717) is 39.1 Å². The summed E-state index contributed by atoms with van der Waals surface area (Å²) in [6, 6.07) is 9.75. The van der Waals surface area contributed by atoms with Crippen LogP contribution < -0.4 is 15.6 Å². The largest absolute Gasteiger partial charge is 0.488 e. The minimum Gasteiger partial charge on any atom is -0.488 e. The van der Waals surface area contributed by atoms with Gasteiger partial charge in [0.2, 0.25) is 5.91 Å². The Morgan fingerprint density at radius 2 is 1.76 bits per heavy atom. The van der Waals surface area contributed by atoms with Crippen LogP contribution >= 0.6 is 0 Å². The predicted octanol–water partition coefficient (Wildman–Crippen LogP) is 6.72. The Morgan fingerprint density at radius 3 is 2.46 bits per heavy atom. The zero-order chi connectivity index (χ0) is 33.3. The quantitative estimate of drug-likeness (QED) is 0.198. The van der Waals surface area contributed by atoms with Gasteiger partial charge in [-0.05, 0) is 79.4 Å². The van der Waals surface area contributed by atoms with Gasteiger partial charge in [0.1, 0.15) is 30.0 Å². The number of ether oxygens (including phenoxy) is 2. The highest BCUT2D eigenvalue weighted by atomic mass is 19.4. The molecule has 1 aliphatic rings. The number of carbonyl (C=O) groups excluding carboxylic acids is 2. The van der Waals surface area contributed by atoms with Crippen LogP contribution in [0.1, 0.15) is 58.8 Å². The lowest BCUT2D eigenvalue weighted by molar-refractivity contribution is -0.144. The Kier molecular flexibility index (Phi) is 9.00. The minimum atomic E-state index is -4.86.